The number of unbranched alkanes of at least 4 members (excludes halogenated alkanes) is 16. The SMILES string of the molecule is CCCCCCCCCCCCCCOc1ccc(C(=O)Oc2ccc(C=Nc3ccc(OC(=O)c4ccc(OCCCCCCCC)cc4)cc3)cc2)cc1. The molecule has 0 aliphatic heterocycles. The van der Waals surface area contributed by atoms with Crippen molar-refractivity contribution >= 4 is 23.8 Å². The zero-order valence-corrected chi connectivity index (χ0v) is 33.9. The van der Waals surface area contributed by atoms with Crippen LogP contribution < -0.4 is 18.9 Å². The number of benzene rings is 4. The molecule has 0 atom stereocenters. The van der Waals surface area contributed by atoms with Crippen LogP contribution in [-0.2, 0) is 0 Å². The molecule has 7 heteroatoms. The van der Waals surface area contributed by atoms with Gasteiger partial charge in [0.25, 0.3) is 0 Å². The minimum atomic E-state index is -0.434. The fraction of sp³-hybridized carbons (Fsp3) is 0.449. The molecule has 0 heterocycles. The molecule has 0 fully saturated rings. The highest BCUT2D eigenvalue weighted by atomic mass is 16.5. The van der Waals surface area contributed by atoms with Crippen LogP contribution in [0.25, 0.3) is 0 Å². The van der Waals surface area contributed by atoms with E-state index in [0.29, 0.717) is 41.5 Å². The maximum atomic E-state index is 12.7. The molecule has 4 aromatic carbocycles. The van der Waals surface area contributed by atoms with Crippen LogP contribution in [0.1, 0.15) is 156 Å². The smallest absolute Gasteiger partial charge is 0.343 e. The Hall–Kier alpha value is -4.91. The Kier molecular flexibility index (Phi) is 21.0. The number of aliphatic imine (C=N–C) groups is 1. The third-order valence-electron chi connectivity index (χ3n) is 9.71. The van der Waals surface area contributed by atoms with Crippen molar-refractivity contribution in [3.8, 4) is 23.0 Å². The maximum Gasteiger partial charge on any atom is 0.343 e. The standard InChI is InChI=1S/C49H63NO6/c1-3-5-7-9-11-12-13-14-15-16-18-20-38-54-45-31-23-41(24-32-45)48(51)55-46-29-21-40(22-30-46)39-50-43-27-35-47(36-28-43)56-49(52)42-25-33-44(34-26-42)53-37-19-17-10-8-6-4-2/h21-36,39H,3-20,37-38H2,1-2H3. The van der Waals surface area contributed by atoms with Crippen molar-refractivity contribution in [2.45, 2.75) is 129 Å². The second-order valence-corrected chi connectivity index (χ2v) is 14.5. The van der Waals surface area contributed by atoms with Crippen molar-refractivity contribution in [2.75, 3.05) is 13.2 Å². The van der Waals surface area contributed by atoms with E-state index in [1.165, 1.54) is 103 Å². The topological polar surface area (TPSA) is 83.4 Å². The fourth-order valence-corrected chi connectivity index (χ4v) is 6.28. The van der Waals surface area contributed by atoms with Gasteiger partial charge < -0.3 is 18.9 Å². The summed E-state index contributed by atoms with van der Waals surface area (Å²) in [5, 5.41) is 0. The Morgan fingerprint density at radius 1 is 0.429 bits per heavy atom. The molecule has 0 aromatic heterocycles. The van der Waals surface area contributed by atoms with Crippen LogP contribution in [0.2, 0.25) is 0 Å². The molecule has 0 radical (unpaired) electrons. The van der Waals surface area contributed by atoms with Crippen LogP contribution in [0.15, 0.2) is 102 Å². The molecule has 7 nitrogen and oxygen atoms in total. The van der Waals surface area contributed by atoms with E-state index in [9.17, 15) is 9.59 Å². The number of esters is 2. The molecule has 300 valence electrons. The fourth-order valence-electron chi connectivity index (χ4n) is 6.28. The molecule has 0 unspecified atom stereocenters. The first-order valence-electron chi connectivity index (χ1n) is 21.2. The van der Waals surface area contributed by atoms with E-state index < -0.39 is 11.9 Å². The summed E-state index contributed by atoms with van der Waals surface area (Å²) in [4.78, 5) is 29.9. The van der Waals surface area contributed by atoms with Crippen molar-refractivity contribution in [3.05, 3.63) is 114 Å². The van der Waals surface area contributed by atoms with Gasteiger partial charge in [0.2, 0.25) is 0 Å². The molecule has 0 bridgehead atoms. The Morgan fingerprint density at radius 3 is 1.16 bits per heavy atom. The molecule has 0 aliphatic rings. The quantitative estimate of drug-likeness (QED) is 0.0248. The number of carbonyl (C=O) groups excluding carboxylic acids is 2. The zero-order chi connectivity index (χ0) is 39.5. The molecule has 0 saturated carbocycles. The van der Waals surface area contributed by atoms with Crippen LogP contribution in [0, 0.1) is 0 Å². The first-order valence-corrected chi connectivity index (χ1v) is 21.2. The Bertz CT molecular complexity index is 1680. The van der Waals surface area contributed by atoms with Crippen LogP contribution in [0.4, 0.5) is 5.69 Å². The average Bonchev–Trinajstić information content (AvgIpc) is 3.23. The summed E-state index contributed by atoms with van der Waals surface area (Å²) in [5.74, 6) is 1.52. The largest absolute Gasteiger partial charge is 0.494 e. The van der Waals surface area contributed by atoms with E-state index in [4.69, 9.17) is 18.9 Å². The van der Waals surface area contributed by atoms with Crippen molar-refractivity contribution in [1.29, 1.82) is 0 Å². The number of nitrogens with zero attached hydrogens (tertiary/aromatic N) is 1. The Morgan fingerprint density at radius 2 is 0.768 bits per heavy atom. The minimum absolute atomic E-state index is 0.426. The lowest BCUT2D eigenvalue weighted by atomic mass is 10.1. The summed E-state index contributed by atoms with van der Waals surface area (Å²) < 4.78 is 22.8. The first-order chi connectivity index (χ1) is 27.5. The molecular formula is C49H63NO6. The molecule has 4 rings (SSSR count). The number of hydrogen-bond donors (Lipinski definition) is 0. The summed E-state index contributed by atoms with van der Waals surface area (Å²) in [5.41, 5.74) is 2.46. The lowest BCUT2D eigenvalue weighted by Gasteiger charge is -2.08. The molecule has 0 amide bonds. The third-order valence-corrected chi connectivity index (χ3v) is 9.71. The van der Waals surface area contributed by atoms with Crippen LogP contribution in [0.5, 0.6) is 23.0 Å². The molecule has 0 aliphatic carbocycles. The highest BCUT2D eigenvalue weighted by Crippen LogP contribution is 2.22. The maximum absolute atomic E-state index is 12.7. The molecule has 4 aromatic rings. The number of carbonyl (C=O) groups is 2. The highest BCUT2D eigenvalue weighted by molar-refractivity contribution is 5.92. The predicted octanol–water partition coefficient (Wildman–Crippen LogP) is 13.7. The van der Waals surface area contributed by atoms with E-state index in [0.717, 1.165) is 29.9 Å². The van der Waals surface area contributed by atoms with E-state index in [-0.39, 0.29) is 0 Å². The van der Waals surface area contributed by atoms with Crippen molar-refractivity contribution in [3.63, 3.8) is 0 Å². The van der Waals surface area contributed by atoms with Gasteiger partial charge in [0.1, 0.15) is 23.0 Å². The molecular weight excluding hydrogens is 699 g/mol. The Labute approximate surface area is 335 Å². The van der Waals surface area contributed by atoms with Gasteiger partial charge in [-0.25, -0.2) is 9.59 Å². The number of hydrogen-bond acceptors (Lipinski definition) is 7. The lowest BCUT2D eigenvalue weighted by molar-refractivity contribution is 0.0725. The van der Waals surface area contributed by atoms with Crippen LogP contribution in [0.3, 0.4) is 0 Å². The van der Waals surface area contributed by atoms with Gasteiger partial charge in [-0.15, -0.1) is 0 Å². The summed E-state index contributed by atoms with van der Waals surface area (Å²) in [6.07, 6.45) is 24.8. The van der Waals surface area contributed by atoms with Crippen molar-refractivity contribution < 1.29 is 28.5 Å². The summed E-state index contributed by atoms with van der Waals surface area (Å²) in [6, 6.07) is 28.3. The van der Waals surface area contributed by atoms with Crippen molar-refractivity contribution in [1.82, 2.24) is 0 Å². The van der Waals surface area contributed by atoms with E-state index >= 15 is 0 Å². The van der Waals surface area contributed by atoms with Gasteiger partial charge in [-0.05, 0) is 115 Å². The summed E-state index contributed by atoms with van der Waals surface area (Å²) in [7, 11) is 0. The monoisotopic (exact) mass is 761 g/mol. The first kappa shape index (κ1) is 43.8. The average molecular weight is 762 g/mol. The normalized spacial score (nSPS) is 11.1. The summed E-state index contributed by atoms with van der Waals surface area (Å²) in [6.45, 7) is 5.85. The molecule has 0 spiro atoms. The van der Waals surface area contributed by atoms with Crippen LogP contribution in [-0.4, -0.2) is 31.4 Å². The predicted molar refractivity (Wildman–Crippen MR) is 228 cm³/mol. The van der Waals surface area contributed by atoms with Gasteiger partial charge in [0.15, 0.2) is 0 Å². The van der Waals surface area contributed by atoms with E-state index in [1.807, 2.05) is 24.3 Å². The van der Waals surface area contributed by atoms with E-state index in [1.54, 1.807) is 79.0 Å². The Balaban J connectivity index is 1.09. The number of ether oxygens (including phenoxy) is 4. The van der Waals surface area contributed by atoms with Gasteiger partial charge in [-0.1, -0.05) is 117 Å². The number of rotatable bonds is 28. The molecule has 0 N–H and O–H groups in total. The van der Waals surface area contributed by atoms with Crippen molar-refractivity contribution in [2.24, 2.45) is 4.99 Å². The second kappa shape index (κ2) is 26.8. The molecule has 56 heavy (non-hydrogen) atoms. The molecule has 0 saturated heterocycles. The van der Waals surface area contributed by atoms with Gasteiger partial charge in [-0.3, -0.25) is 4.99 Å². The zero-order valence-electron chi connectivity index (χ0n) is 33.9. The third kappa shape index (κ3) is 17.7. The summed E-state index contributed by atoms with van der Waals surface area (Å²) >= 11 is 0. The van der Waals surface area contributed by atoms with Gasteiger partial charge in [0.05, 0.1) is 30.0 Å². The minimum Gasteiger partial charge on any atom is -0.494 e. The van der Waals surface area contributed by atoms with Gasteiger partial charge >= 0.3 is 11.9 Å². The highest BCUT2D eigenvalue weighted by Gasteiger charge is 2.11. The van der Waals surface area contributed by atoms with E-state index in [2.05, 4.69) is 18.8 Å². The van der Waals surface area contributed by atoms with Gasteiger partial charge in [-0.2, -0.15) is 0 Å². The van der Waals surface area contributed by atoms with Gasteiger partial charge in [0, 0.05) is 6.21 Å². The lowest BCUT2D eigenvalue weighted by Crippen LogP contribution is -2.08. The second-order valence-electron chi connectivity index (χ2n) is 14.5. The van der Waals surface area contributed by atoms with Crippen LogP contribution >= 0.6 is 0 Å².